The van der Waals surface area contributed by atoms with Gasteiger partial charge in [0.2, 0.25) is 6.29 Å². The van der Waals surface area contributed by atoms with Crippen LogP contribution in [0.2, 0.25) is 36.3 Å². The molecule has 0 saturated carbocycles. The molecule has 0 bridgehead atoms. The van der Waals surface area contributed by atoms with Gasteiger partial charge in [-0.3, -0.25) is 24.0 Å². The number of azide groups is 2. The van der Waals surface area contributed by atoms with Crippen molar-refractivity contribution in [2.24, 2.45) is 10.2 Å². The highest BCUT2D eigenvalue weighted by molar-refractivity contribution is 6.81. The predicted octanol–water partition coefficient (Wildman–Crippen LogP) is 10.6. The van der Waals surface area contributed by atoms with Crippen molar-refractivity contribution in [3.63, 3.8) is 0 Å². The summed E-state index contributed by atoms with van der Waals surface area (Å²) >= 11 is 0. The Kier molecular flexibility index (Phi) is 31.5. The largest absolute Gasteiger partial charge is 0.497 e. The minimum Gasteiger partial charge on any atom is -0.497 e. The number of aliphatic hydroxyl groups is 2. The molecule has 22 atom stereocenters. The van der Waals surface area contributed by atoms with Gasteiger partial charge < -0.3 is 95.5 Å². The summed E-state index contributed by atoms with van der Waals surface area (Å²) < 4.78 is 119. The summed E-state index contributed by atoms with van der Waals surface area (Å²) in [4.78, 5) is 73.3. The van der Waals surface area contributed by atoms with E-state index in [0.29, 0.717) is 22.4 Å². The summed E-state index contributed by atoms with van der Waals surface area (Å²) in [5.41, 5.74) is 20.3. The van der Waals surface area contributed by atoms with Gasteiger partial charge in [-0.25, -0.2) is 0 Å². The number of aliphatic hydroxyl groups excluding tert-OH is 2. The lowest BCUT2D eigenvalue weighted by Gasteiger charge is -2.54. The number of rotatable bonds is 34. The van der Waals surface area contributed by atoms with Gasteiger partial charge in [0.1, 0.15) is 110 Å². The van der Waals surface area contributed by atoms with Crippen LogP contribution in [0.15, 0.2) is 138 Å². The smallest absolute Gasteiger partial charge is 0.303 e. The summed E-state index contributed by atoms with van der Waals surface area (Å²) in [6.07, 6.45) is -27.6. The average Bonchev–Trinajstić information content (AvgIpc) is 0.748. The summed E-state index contributed by atoms with van der Waals surface area (Å²) in [5, 5.41) is 34.1. The van der Waals surface area contributed by atoms with Crippen LogP contribution in [0.1, 0.15) is 92.9 Å². The fourth-order valence-electron chi connectivity index (χ4n) is 13.1. The summed E-state index contributed by atoms with van der Waals surface area (Å²) in [7, 11) is -4.82. The van der Waals surface area contributed by atoms with E-state index in [4.69, 9.17) is 85.3 Å². The average molecular weight is 1570 g/mol. The number of methoxy groups -OCH3 is 1. The molecule has 33 heteroatoms. The van der Waals surface area contributed by atoms with E-state index < -0.39 is 203 Å². The molecule has 4 heterocycles. The van der Waals surface area contributed by atoms with Crippen LogP contribution in [-0.2, 0) is 120 Å². The van der Waals surface area contributed by atoms with Gasteiger partial charge in [0.15, 0.2) is 31.1 Å². The maximum Gasteiger partial charge on any atom is 0.303 e. The molecule has 110 heavy (non-hydrogen) atoms. The molecule has 0 spiro atoms. The van der Waals surface area contributed by atoms with Gasteiger partial charge in [0.05, 0.1) is 61.1 Å². The SMILES string of the molecule is C=CCO[C@H]1[C@H](OC(C)=O)[C@@H](N=[N+]=[N-])[C@@H](O[C@H]2[C@H](OCc3ccccc3)[C@@H](OC(C)=O)[C@H](O[C@H]3[C@H](OCc4ccccc4)[C@@H](N=[N+]=[N-])[C@@H](O[C@H]4[C@H](OCc5ccccc5)[C@@H](OC(C)=O)[C@H](Oc5ccc(OC)cc5)O[C@H]4C(O)[Si](C)(C)C(C)(C)C)O[C@@H]3COC(C)=O)O[C@H]2C(O)[Si](C)(C)C(C)(C)C)O[C@@H]1COC(C)=O. The molecule has 31 nitrogen and oxygen atoms in total. The molecule has 4 aliphatic heterocycles. The van der Waals surface area contributed by atoms with E-state index in [9.17, 15) is 45.2 Å². The highest BCUT2D eigenvalue weighted by Gasteiger charge is 2.63. The molecule has 2 N–H and O–H groups in total. The second kappa shape index (κ2) is 39.5. The first-order chi connectivity index (χ1) is 52.1. The molecule has 0 radical (unpaired) electrons. The van der Waals surface area contributed by atoms with E-state index in [1.807, 2.05) is 98.1 Å². The third kappa shape index (κ3) is 22.5. The van der Waals surface area contributed by atoms with Gasteiger partial charge in [-0.15, -0.1) is 6.58 Å². The van der Waals surface area contributed by atoms with E-state index in [0.717, 1.165) is 20.8 Å². The standard InChI is InChI=1S/C77H106N6O25Si2/c1-18-38-92-58-54(42-93-44(2)84)102-73(57(81-83-79)61(58)98-46(4)86)106-65-63(97-41-51-32-26-21-27-33-51)69(100-48(6)88)75(108-67(65)71(90)110(16,17)77(10,11)12)104-59-55(43-94-45(3)85)103-72(56(80-82-78)60(59)95-39-49-28-22-19-23-29-49)105-64-62(96-40-50-30-24-20-25-31-50)68(99-47(5)87)74(101-53-36-34-52(91-13)35-37-53)107-66(64)70(89)109(14,15)76(7,8)9/h18-37,54-75,89-90H,1,38-43H2,2-17H3/t54-,55-,56-,57-,58-,59-,60-,61-,62+,63+,64+,65+,66-,67-,68-,69-,70?,71?,72-,73-,74-,75-/m1/s1. The third-order valence-electron chi connectivity index (χ3n) is 20.9. The van der Waals surface area contributed by atoms with Crippen molar-refractivity contribution in [1.29, 1.82) is 0 Å². The van der Waals surface area contributed by atoms with Crippen LogP contribution in [0.5, 0.6) is 11.5 Å². The third-order valence-corrected chi connectivity index (χ3v) is 32.2. The molecule has 4 saturated heterocycles. The molecule has 2 unspecified atom stereocenters. The van der Waals surface area contributed by atoms with E-state index in [1.165, 1.54) is 27.0 Å². The Labute approximate surface area is 643 Å². The molecule has 4 fully saturated rings. The molecular weight excluding hydrogens is 1470 g/mol. The number of esters is 5. The monoisotopic (exact) mass is 1570 g/mol. The number of nitrogens with zero attached hydrogens (tertiary/aromatic N) is 6. The van der Waals surface area contributed by atoms with Crippen LogP contribution in [0, 0.1) is 0 Å². The quantitative estimate of drug-likeness (QED) is 0.00834. The zero-order valence-corrected chi connectivity index (χ0v) is 67.2. The lowest BCUT2D eigenvalue weighted by atomic mass is 9.93. The first kappa shape index (κ1) is 87.7. The predicted molar refractivity (Wildman–Crippen MR) is 400 cm³/mol. The highest BCUT2D eigenvalue weighted by atomic mass is 28.3. The number of benzene rings is 4. The summed E-state index contributed by atoms with van der Waals surface area (Å²) in [6, 6.07) is 30.0. The maximum absolute atomic E-state index is 14.1. The number of carbonyl (C=O) groups excluding carboxylic acids is 5. The van der Waals surface area contributed by atoms with Gasteiger partial charge in [-0.2, -0.15) is 0 Å². The fourth-order valence-corrected chi connectivity index (χ4v) is 17.0. The van der Waals surface area contributed by atoms with Crippen molar-refractivity contribution in [1.82, 2.24) is 0 Å². The van der Waals surface area contributed by atoms with E-state index in [-0.39, 0.29) is 32.2 Å². The second-order valence-corrected chi connectivity index (χ2v) is 41.6. The first-order valence-corrected chi connectivity index (χ1v) is 42.6. The van der Waals surface area contributed by atoms with Gasteiger partial charge in [0, 0.05) is 44.4 Å². The molecule has 4 aromatic carbocycles. The zero-order valence-electron chi connectivity index (χ0n) is 65.2. The van der Waals surface area contributed by atoms with E-state index in [2.05, 4.69) is 26.6 Å². The van der Waals surface area contributed by atoms with Crippen molar-refractivity contribution in [2.75, 3.05) is 26.9 Å². The van der Waals surface area contributed by atoms with E-state index in [1.54, 1.807) is 84.9 Å². The van der Waals surface area contributed by atoms with Gasteiger partial charge in [-0.1, -0.05) is 175 Å². The second-order valence-electron chi connectivity index (χ2n) is 30.5. The Morgan fingerprint density at radius 1 is 0.473 bits per heavy atom. The van der Waals surface area contributed by atoms with Crippen molar-refractivity contribution >= 4 is 46.0 Å². The Morgan fingerprint density at radius 2 is 0.836 bits per heavy atom. The topological polar surface area (TPSA) is 389 Å². The van der Waals surface area contributed by atoms with Crippen molar-refractivity contribution in [2.45, 2.75) is 266 Å². The van der Waals surface area contributed by atoms with Crippen LogP contribution in [0.4, 0.5) is 0 Å². The lowest BCUT2D eigenvalue weighted by Crippen LogP contribution is -2.71. The number of carbonyl (C=O) groups is 5. The minimum atomic E-state index is -3.25. The van der Waals surface area contributed by atoms with Gasteiger partial charge in [0.25, 0.3) is 0 Å². The summed E-state index contributed by atoms with van der Waals surface area (Å²) in [5.74, 6) is -3.30. The number of hydrogen-bond donors (Lipinski definition) is 2. The molecular formula is C77H106N6O25Si2. The molecule has 602 valence electrons. The normalized spacial score (nSPS) is 29.1. The Hall–Kier alpha value is -7.90. The van der Waals surface area contributed by atoms with Crippen molar-refractivity contribution in [3.8, 4) is 11.5 Å². The maximum atomic E-state index is 14.1. The molecule has 4 aromatic rings. The lowest BCUT2D eigenvalue weighted by molar-refractivity contribution is -0.382. The van der Waals surface area contributed by atoms with E-state index >= 15 is 0 Å². The zero-order chi connectivity index (χ0) is 80.4. The van der Waals surface area contributed by atoms with Crippen molar-refractivity contribution < 1.29 is 119 Å². The molecule has 4 aliphatic rings. The molecule has 8 rings (SSSR count). The molecule has 0 aliphatic carbocycles. The van der Waals surface area contributed by atoms with Crippen molar-refractivity contribution in [3.05, 3.63) is 165 Å². The number of ether oxygens (including phenoxy) is 18. The Morgan fingerprint density at radius 3 is 1.22 bits per heavy atom. The number of hydrogen-bond acceptors (Lipinski definition) is 27. The van der Waals surface area contributed by atoms with Crippen LogP contribution < -0.4 is 9.47 Å². The van der Waals surface area contributed by atoms with Gasteiger partial charge in [-0.05, 0) is 62.1 Å². The van der Waals surface area contributed by atoms with Crippen LogP contribution in [0.25, 0.3) is 20.9 Å². The van der Waals surface area contributed by atoms with Crippen LogP contribution >= 0.6 is 0 Å². The van der Waals surface area contributed by atoms with Gasteiger partial charge >= 0.3 is 29.8 Å². The minimum absolute atomic E-state index is 0.142. The Bertz CT molecular complexity index is 3760. The molecule has 0 aromatic heterocycles. The Balaban J connectivity index is 1.34. The molecule has 0 amide bonds. The first-order valence-electron chi connectivity index (χ1n) is 36.4. The van der Waals surface area contributed by atoms with Crippen LogP contribution in [0.3, 0.4) is 0 Å². The fraction of sp³-hybridized carbons (Fsp3) is 0.597. The highest BCUT2D eigenvalue weighted by Crippen LogP contribution is 2.47. The van der Waals surface area contributed by atoms with Crippen LogP contribution in [-0.4, -0.2) is 217 Å². The summed E-state index contributed by atoms with van der Waals surface area (Å²) in [6.45, 7) is 27.1.